The van der Waals surface area contributed by atoms with Crippen LogP contribution in [0.15, 0.2) is 126 Å². The molecule has 28 heteroatoms. The van der Waals surface area contributed by atoms with Gasteiger partial charge < -0.3 is 102 Å². The molecule has 0 spiro atoms. The second-order valence-electron chi connectivity index (χ2n) is 28.3. The van der Waals surface area contributed by atoms with E-state index in [9.17, 15) is 59.4 Å². The topological polar surface area (TPSA) is 382 Å². The van der Waals surface area contributed by atoms with Gasteiger partial charge in [-0.3, -0.25) is 24.0 Å². The number of cyclic esters (lactones) is 1. The minimum atomic E-state index is -2.39. The van der Waals surface area contributed by atoms with Crippen molar-refractivity contribution in [3.63, 3.8) is 0 Å². The number of fused-ring (bicyclic) bond motifs is 9. The van der Waals surface area contributed by atoms with E-state index in [1.54, 1.807) is 124 Å². The molecule has 2 unspecified atom stereocenters. The average Bonchev–Trinajstić information content (AvgIpc) is 0.779. The van der Waals surface area contributed by atoms with E-state index in [-0.39, 0.29) is 72.6 Å². The van der Waals surface area contributed by atoms with Crippen LogP contribution in [-0.2, 0) is 71.3 Å². The normalized spacial score (nSPS) is 33.7. The highest BCUT2D eigenvalue weighted by molar-refractivity contribution is 5.96. The number of benzene rings is 5. The molecule has 4 aliphatic carbocycles. The molecule has 2 saturated carbocycles. The first-order chi connectivity index (χ1) is 49.6. The summed E-state index contributed by atoms with van der Waals surface area (Å²) < 4.78 is 81.8. The van der Waals surface area contributed by atoms with Gasteiger partial charge in [0.2, 0.25) is 12.5 Å². The molecule has 5 heterocycles. The Balaban J connectivity index is 0.000000198. The summed E-state index contributed by atoms with van der Waals surface area (Å²) in [5.41, 5.74) is -5.01. The summed E-state index contributed by atoms with van der Waals surface area (Å²) in [6.07, 6.45) is -17.3. The van der Waals surface area contributed by atoms with E-state index in [1.165, 1.54) is 40.2 Å². The number of ketones is 1. The second kappa shape index (κ2) is 28.4. The zero-order valence-corrected chi connectivity index (χ0v) is 58.4. The Morgan fingerprint density at radius 2 is 1.36 bits per heavy atom. The largest absolute Gasteiger partial charge is 0.502 e. The van der Waals surface area contributed by atoms with Crippen LogP contribution in [0.2, 0.25) is 0 Å². The average molecular weight is 1440 g/mol. The molecule has 4 saturated heterocycles. The Kier molecular flexibility index (Phi) is 20.0. The van der Waals surface area contributed by atoms with Crippen LogP contribution in [0.3, 0.4) is 0 Å². The molecule has 5 aromatic carbocycles. The highest BCUT2D eigenvalue weighted by Gasteiger charge is 2.78. The first-order valence-electron chi connectivity index (χ1n) is 34.2. The molecule has 14 rings (SSSR count). The summed E-state index contributed by atoms with van der Waals surface area (Å²) in [4.78, 5) is 96.8. The number of Topliss-reactive ketones (excluding diaryl/α,β-unsaturated/α-hetero) is 1. The van der Waals surface area contributed by atoms with E-state index in [2.05, 4.69) is 5.32 Å². The first kappa shape index (κ1) is 73.3. The quantitative estimate of drug-likeness (QED) is 0.0408. The lowest BCUT2D eigenvalue weighted by Gasteiger charge is -2.67. The number of aliphatic hydroxyl groups excluding tert-OH is 4. The van der Waals surface area contributed by atoms with Crippen molar-refractivity contribution in [2.24, 2.45) is 28.6 Å². The van der Waals surface area contributed by atoms with Crippen molar-refractivity contribution >= 4 is 41.5 Å². The van der Waals surface area contributed by atoms with Crippen LogP contribution < -0.4 is 24.3 Å². The Bertz CT molecular complexity index is 4140. The number of hydrogen-bond acceptors (Lipinski definition) is 27. The number of hydrogen-bond donors (Lipinski definition) is 7. The molecule has 2 bridgehead atoms. The molecular weight excluding hydrogens is 1360 g/mol. The lowest BCUT2D eigenvalue weighted by atomic mass is 9.44. The van der Waals surface area contributed by atoms with Crippen molar-refractivity contribution in [3.8, 4) is 28.7 Å². The van der Waals surface area contributed by atoms with E-state index in [4.69, 9.17) is 66.3 Å². The summed E-state index contributed by atoms with van der Waals surface area (Å²) in [5, 5.41) is 72.7. The first-order valence-corrected chi connectivity index (χ1v) is 34.2. The Morgan fingerprint density at radius 3 is 1.96 bits per heavy atom. The molecule has 9 aliphatic rings. The number of methoxy groups -OCH3 is 2. The molecule has 6 fully saturated rings. The molecular formula is C76H83NO27. The number of esters is 5. The predicted octanol–water partition coefficient (Wildman–Crippen LogP) is 5.07. The number of phenols is 1. The Morgan fingerprint density at radius 1 is 0.731 bits per heavy atom. The molecule has 554 valence electrons. The minimum Gasteiger partial charge on any atom is -0.502 e. The van der Waals surface area contributed by atoms with Crippen LogP contribution in [0.5, 0.6) is 28.7 Å². The number of amides is 1. The molecule has 1 amide bonds. The van der Waals surface area contributed by atoms with Gasteiger partial charge in [0.05, 0.1) is 75.1 Å². The summed E-state index contributed by atoms with van der Waals surface area (Å²) in [5.74, 6) is -7.87. The van der Waals surface area contributed by atoms with Crippen LogP contribution >= 0.6 is 0 Å². The number of carbonyl (C=O) groups excluding carboxylic acids is 7. The highest BCUT2D eigenvalue weighted by atomic mass is 16.8. The molecule has 7 N–H and O–H groups in total. The fraction of sp³-hybridized carbons (Fsp3) is 0.487. The predicted molar refractivity (Wildman–Crippen MR) is 356 cm³/mol. The van der Waals surface area contributed by atoms with Gasteiger partial charge in [-0.25, -0.2) is 9.59 Å². The molecule has 28 nitrogen and oxygen atoms in total. The number of aliphatic hydroxyl groups is 5. The molecule has 5 aliphatic heterocycles. The van der Waals surface area contributed by atoms with Crippen molar-refractivity contribution in [1.29, 1.82) is 0 Å². The van der Waals surface area contributed by atoms with Gasteiger partial charge in [-0.05, 0) is 103 Å². The van der Waals surface area contributed by atoms with Crippen LogP contribution in [0.4, 0.5) is 0 Å². The van der Waals surface area contributed by atoms with Gasteiger partial charge in [-0.2, -0.15) is 0 Å². The standard InChI is InChI=1S/C47H51NO14.C29H32O13/c1-25-31(60-43(56)36(52)35(28-16-10-7-11-17-28)48-41(54)29-18-12-8-13-19-29)23-47(57)40(61-42(55)30-20-14-9-15-21-30)38-45(6,32(51)22-33-46(38,24-58-33)62-27(3)50)39(53)37(59-26(2)49)34(25)44(47,4)5;1-11-36-9-20-27(40-11)24(31)25(32)29(41-20)42-26-14-7-17-16(38-10-39-17)6-13(14)21(22-15(26)8-37-28(22)33)12-4-18(34-2)23(30)19(5-12)35-3/h7-21,31-33,35-38,40,51-52,57H,22-24H2,1-6H3,(H,48,54);4-7,11,15,20-22,24-27,29-32H,8-10H2,1-3H3/t31-,32-,33+,35-,36+,37+,38-,40-,45+,46-,47+;11-,15?,20-,21-,22+,24-,25-,26?,27-,29+/m01/s1. The third-order valence-corrected chi connectivity index (χ3v) is 22.2. The summed E-state index contributed by atoms with van der Waals surface area (Å²) in [6, 6.07) is 29.9. The van der Waals surface area contributed by atoms with Crippen LogP contribution in [-0.4, -0.2) is 198 Å². The zero-order valence-electron chi connectivity index (χ0n) is 58.4. The number of carbonyl (C=O) groups is 7. The molecule has 104 heavy (non-hydrogen) atoms. The van der Waals surface area contributed by atoms with E-state index in [0.29, 0.717) is 33.8 Å². The fourth-order valence-electron chi connectivity index (χ4n) is 16.9. The van der Waals surface area contributed by atoms with E-state index in [0.717, 1.165) is 13.8 Å². The number of nitrogens with one attached hydrogen (secondary N) is 1. The SMILES string of the molecule is CC(=O)O[C@H]1C(=O)[C@@]2(C)[C@H]([C@H](OC(=O)c3ccccc3)[C@]3(O)C[C@H](OC(=O)[C@H](O)[C@@H](NC(=O)c4ccccc4)c4ccccc4)C(C)=C1C3(C)C)[C@]1(OC(C)=O)CO[C@@H]1C[C@@H]2O.COc1cc([C@@H]2c3cc4c(cc3C(O[C@@H]3O[C@@H]5CO[C@@H](C)O[C@H]5[C@H](O)[C@H]3O)C3COC(=O)[C@@H]32)OCO4)cc(OC)c1O. The molecule has 21 atom stereocenters. The van der Waals surface area contributed by atoms with Crippen LogP contribution in [0.25, 0.3) is 0 Å². The Hall–Kier alpha value is -9.07. The van der Waals surface area contributed by atoms with E-state index < -0.39 is 179 Å². The lowest BCUT2D eigenvalue weighted by Crippen LogP contribution is -2.82. The summed E-state index contributed by atoms with van der Waals surface area (Å²) >= 11 is 0. The number of rotatable bonds is 15. The van der Waals surface area contributed by atoms with Gasteiger partial charge in [0.25, 0.3) is 5.91 Å². The van der Waals surface area contributed by atoms with Crippen molar-refractivity contribution in [3.05, 3.63) is 160 Å². The maximum absolute atomic E-state index is 15.5. The fourth-order valence-corrected chi connectivity index (χ4v) is 16.9. The van der Waals surface area contributed by atoms with Crippen molar-refractivity contribution in [2.75, 3.05) is 40.8 Å². The maximum atomic E-state index is 15.5. The summed E-state index contributed by atoms with van der Waals surface area (Å²) in [6.45, 7) is 9.90. The van der Waals surface area contributed by atoms with Gasteiger partial charge in [0.15, 0.2) is 59.2 Å². The van der Waals surface area contributed by atoms with Crippen LogP contribution in [0.1, 0.15) is 122 Å². The van der Waals surface area contributed by atoms with Gasteiger partial charge in [-0.15, -0.1) is 0 Å². The van der Waals surface area contributed by atoms with Crippen molar-refractivity contribution in [1.82, 2.24) is 5.32 Å². The smallest absolute Gasteiger partial charge is 0.338 e. The van der Waals surface area contributed by atoms with Gasteiger partial charge in [0.1, 0.15) is 48.3 Å². The number of phenolic OH excluding ortho intramolecular Hbond substituents is 1. The molecule has 0 radical (unpaired) electrons. The summed E-state index contributed by atoms with van der Waals surface area (Å²) in [7, 11) is 2.86. The van der Waals surface area contributed by atoms with Gasteiger partial charge in [0, 0.05) is 49.5 Å². The highest BCUT2D eigenvalue weighted by Crippen LogP contribution is 2.65. The van der Waals surface area contributed by atoms with E-state index >= 15 is 4.79 Å². The van der Waals surface area contributed by atoms with E-state index in [1.807, 2.05) is 0 Å². The van der Waals surface area contributed by atoms with Crippen molar-refractivity contribution in [2.45, 2.75) is 164 Å². The number of ether oxygens (including phenoxy) is 14. The molecule has 5 aromatic rings. The van der Waals surface area contributed by atoms with Crippen LogP contribution in [0, 0.1) is 28.6 Å². The maximum Gasteiger partial charge on any atom is 0.338 e. The third-order valence-electron chi connectivity index (χ3n) is 22.2. The van der Waals surface area contributed by atoms with Gasteiger partial charge in [-0.1, -0.05) is 80.6 Å². The Labute approximate surface area is 597 Å². The third kappa shape index (κ3) is 12.6. The monoisotopic (exact) mass is 1440 g/mol. The zero-order chi connectivity index (χ0) is 74.2. The number of aromatic hydroxyl groups is 1. The lowest BCUT2D eigenvalue weighted by molar-refractivity contribution is -0.364. The van der Waals surface area contributed by atoms with Crippen molar-refractivity contribution < 1.29 is 131 Å². The molecule has 0 aromatic heterocycles. The second-order valence-corrected chi connectivity index (χ2v) is 28.3. The minimum absolute atomic E-state index is 0.00289. The van der Waals surface area contributed by atoms with Gasteiger partial charge >= 0.3 is 29.8 Å².